The van der Waals surface area contributed by atoms with Gasteiger partial charge in [0.25, 0.3) is 5.91 Å². The fourth-order valence-electron chi connectivity index (χ4n) is 3.10. The van der Waals surface area contributed by atoms with E-state index in [1.54, 1.807) is 25.4 Å². The van der Waals surface area contributed by atoms with Gasteiger partial charge in [-0.3, -0.25) is 4.79 Å². The summed E-state index contributed by atoms with van der Waals surface area (Å²) >= 11 is 0. The van der Waals surface area contributed by atoms with Crippen LogP contribution in [0.2, 0.25) is 0 Å². The van der Waals surface area contributed by atoms with Gasteiger partial charge >= 0.3 is 0 Å². The molecule has 5 nitrogen and oxygen atoms in total. The quantitative estimate of drug-likeness (QED) is 0.809. The van der Waals surface area contributed by atoms with Crippen LogP contribution >= 0.6 is 0 Å². The number of para-hydroxylation sites is 1. The van der Waals surface area contributed by atoms with Gasteiger partial charge < -0.3 is 14.4 Å². The lowest BCUT2D eigenvalue weighted by Gasteiger charge is -2.32. The molecular weight excluding hydrogens is 316 g/mol. The molecule has 2 aromatic rings. The van der Waals surface area contributed by atoms with E-state index in [9.17, 15) is 4.79 Å². The van der Waals surface area contributed by atoms with Crippen LogP contribution in [0, 0.1) is 5.92 Å². The van der Waals surface area contributed by atoms with Gasteiger partial charge in [-0.2, -0.15) is 0 Å². The lowest BCUT2D eigenvalue weighted by Crippen LogP contribution is -2.38. The molecular formula is C20H24N2O3. The van der Waals surface area contributed by atoms with E-state index in [0.29, 0.717) is 17.4 Å². The molecule has 0 atom stereocenters. The number of hydrogen-bond acceptors (Lipinski definition) is 4. The first kappa shape index (κ1) is 17.3. The fraction of sp³-hybridized carbons (Fsp3) is 0.400. The van der Waals surface area contributed by atoms with E-state index in [0.717, 1.165) is 44.7 Å². The summed E-state index contributed by atoms with van der Waals surface area (Å²) in [5, 5.41) is 0. The van der Waals surface area contributed by atoms with Crippen molar-refractivity contribution in [2.75, 3.05) is 26.8 Å². The van der Waals surface area contributed by atoms with E-state index in [4.69, 9.17) is 9.47 Å². The van der Waals surface area contributed by atoms with Crippen LogP contribution in [0.5, 0.6) is 11.6 Å². The molecule has 0 radical (unpaired) electrons. The monoisotopic (exact) mass is 340 g/mol. The number of likely N-dealkylation sites (tertiary alicyclic amines) is 1. The zero-order valence-electron chi connectivity index (χ0n) is 14.6. The van der Waals surface area contributed by atoms with Crippen molar-refractivity contribution in [3.05, 3.63) is 54.2 Å². The molecule has 2 heterocycles. The molecule has 1 aliphatic heterocycles. The molecule has 0 saturated carbocycles. The number of piperidine rings is 1. The minimum atomic E-state index is 0.0501. The smallest absolute Gasteiger partial charge is 0.255 e. The van der Waals surface area contributed by atoms with Crippen molar-refractivity contribution in [2.24, 2.45) is 5.92 Å². The number of benzene rings is 1. The number of amides is 1. The van der Waals surface area contributed by atoms with E-state index in [2.05, 4.69) is 4.98 Å². The van der Waals surface area contributed by atoms with Gasteiger partial charge in [-0.1, -0.05) is 18.2 Å². The normalized spacial score (nSPS) is 15.0. The van der Waals surface area contributed by atoms with Crippen molar-refractivity contribution in [1.29, 1.82) is 0 Å². The Morgan fingerprint density at radius 3 is 2.56 bits per heavy atom. The molecule has 0 unspecified atom stereocenters. The van der Waals surface area contributed by atoms with Gasteiger partial charge in [0.15, 0.2) is 0 Å². The average molecular weight is 340 g/mol. The molecule has 1 saturated heterocycles. The zero-order chi connectivity index (χ0) is 17.5. The molecule has 0 aliphatic carbocycles. The lowest BCUT2D eigenvalue weighted by molar-refractivity contribution is 0.0679. The van der Waals surface area contributed by atoms with Gasteiger partial charge in [-0.25, -0.2) is 4.98 Å². The van der Waals surface area contributed by atoms with Crippen LogP contribution in [-0.2, 0) is 0 Å². The summed E-state index contributed by atoms with van der Waals surface area (Å²) in [6.45, 7) is 2.31. The molecule has 25 heavy (non-hydrogen) atoms. The van der Waals surface area contributed by atoms with Gasteiger partial charge in [0.2, 0.25) is 5.88 Å². The Bertz CT molecular complexity index is 665. The fourth-order valence-corrected chi connectivity index (χ4v) is 3.10. The lowest BCUT2D eigenvalue weighted by atomic mass is 9.93. The highest BCUT2D eigenvalue weighted by Gasteiger charge is 2.23. The number of nitrogens with zero attached hydrogens (tertiary/aromatic N) is 2. The number of carbonyl (C=O) groups is 1. The highest BCUT2D eigenvalue weighted by molar-refractivity contribution is 5.94. The standard InChI is InChI=1S/C20H24N2O3/c1-24-19-8-7-17(15-21-19)20(23)22-12-9-16(10-13-22)11-14-25-18-5-3-2-4-6-18/h2-8,15-16H,9-14H2,1H3. The largest absolute Gasteiger partial charge is 0.494 e. The van der Waals surface area contributed by atoms with Gasteiger partial charge in [0, 0.05) is 25.4 Å². The summed E-state index contributed by atoms with van der Waals surface area (Å²) in [7, 11) is 1.57. The van der Waals surface area contributed by atoms with Crippen LogP contribution in [-0.4, -0.2) is 42.6 Å². The molecule has 1 fully saturated rings. The molecule has 1 amide bonds. The third kappa shape index (κ3) is 4.72. The minimum Gasteiger partial charge on any atom is -0.494 e. The van der Waals surface area contributed by atoms with Gasteiger partial charge in [-0.05, 0) is 43.4 Å². The van der Waals surface area contributed by atoms with Gasteiger partial charge in [0.05, 0.1) is 19.3 Å². The van der Waals surface area contributed by atoms with Crippen LogP contribution in [0.1, 0.15) is 29.6 Å². The predicted octanol–water partition coefficient (Wildman–Crippen LogP) is 3.41. The summed E-state index contributed by atoms with van der Waals surface area (Å²) in [6.07, 6.45) is 4.66. The number of carbonyl (C=O) groups excluding carboxylic acids is 1. The first-order valence-electron chi connectivity index (χ1n) is 8.73. The maximum absolute atomic E-state index is 12.5. The van der Waals surface area contributed by atoms with Crippen LogP contribution in [0.15, 0.2) is 48.7 Å². The molecule has 5 heteroatoms. The Morgan fingerprint density at radius 1 is 1.16 bits per heavy atom. The van der Waals surface area contributed by atoms with Crippen LogP contribution in [0.4, 0.5) is 0 Å². The zero-order valence-corrected chi connectivity index (χ0v) is 14.6. The van der Waals surface area contributed by atoms with E-state index in [1.807, 2.05) is 35.2 Å². The first-order chi connectivity index (χ1) is 12.3. The first-order valence-corrected chi connectivity index (χ1v) is 8.73. The van der Waals surface area contributed by atoms with Crippen molar-refractivity contribution < 1.29 is 14.3 Å². The van der Waals surface area contributed by atoms with E-state index in [1.165, 1.54) is 0 Å². The summed E-state index contributed by atoms with van der Waals surface area (Å²) in [6, 6.07) is 13.4. The molecule has 1 aliphatic rings. The molecule has 1 aromatic heterocycles. The number of ether oxygens (including phenoxy) is 2. The molecule has 132 valence electrons. The van der Waals surface area contributed by atoms with Gasteiger partial charge in [-0.15, -0.1) is 0 Å². The number of hydrogen-bond donors (Lipinski definition) is 0. The Balaban J connectivity index is 1.42. The average Bonchev–Trinajstić information content (AvgIpc) is 2.69. The third-order valence-corrected chi connectivity index (χ3v) is 4.63. The van der Waals surface area contributed by atoms with Crippen molar-refractivity contribution in [1.82, 2.24) is 9.88 Å². The second-order valence-electron chi connectivity index (χ2n) is 6.28. The van der Waals surface area contributed by atoms with E-state index >= 15 is 0 Å². The van der Waals surface area contributed by atoms with Crippen LogP contribution in [0.3, 0.4) is 0 Å². The van der Waals surface area contributed by atoms with Crippen molar-refractivity contribution in [3.63, 3.8) is 0 Å². The maximum atomic E-state index is 12.5. The van der Waals surface area contributed by atoms with Crippen molar-refractivity contribution >= 4 is 5.91 Å². The molecule has 3 rings (SSSR count). The van der Waals surface area contributed by atoms with Crippen LogP contribution in [0.25, 0.3) is 0 Å². The molecule has 1 aromatic carbocycles. The Hall–Kier alpha value is -2.56. The Kier molecular flexibility index (Phi) is 5.88. The highest BCUT2D eigenvalue weighted by Crippen LogP contribution is 2.22. The summed E-state index contributed by atoms with van der Waals surface area (Å²) in [5.41, 5.74) is 0.617. The second-order valence-corrected chi connectivity index (χ2v) is 6.28. The number of rotatable bonds is 6. The summed E-state index contributed by atoms with van der Waals surface area (Å²) in [5.74, 6) is 2.10. The minimum absolute atomic E-state index is 0.0501. The number of methoxy groups -OCH3 is 1. The number of pyridine rings is 1. The van der Waals surface area contributed by atoms with E-state index < -0.39 is 0 Å². The Morgan fingerprint density at radius 2 is 1.92 bits per heavy atom. The molecule has 0 spiro atoms. The SMILES string of the molecule is COc1ccc(C(=O)N2CCC(CCOc3ccccc3)CC2)cn1. The molecule has 0 bridgehead atoms. The highest BCUT2D eigenvalue weighted by atomic mass is 16.5. The van der Waals surface area contributed by atoms with Crippen LogP contribution < -0.4 is 9.47 Å². The molecule has 0 N–H and O–H groups in total. The van der Waals surface area contributed by atoms with E-state index in [-0.39, 0.29) is 5.91 Å². The maximum Gasteiger partial charge on any atom is 0.255 e. The van der Waals surface area contributed by atoms with Crippen molar-refractivity contribution in [3.8, 4) is 11.6 Å². The third-order valence-electron chi connectivity index (χ3n) is 4.63. The van der Waals surface area contributed by atoms with Gasteiger partial charge in [0.1, 0.15) is 5.75 Å². The Labute approximate surface area is 148 Å². The summed E-state index contributed by atoms with van der Waals surface area (Å²) < 4.78 is 10.8. The predicted molar refractivity (Wildman–Crippen MR) is 96.0 cm³/mol. The topological polar surface area (TPSA) is 51.7 Å². The number of aromatic nitrogens is 1. The second kappa shape index (κ2) is 8.51. The van der Waals surface area contributed by atoms with Crippen molar-refractivity contribution in [2.45, 2.75) is 19.3 Å². The summed E-state index contributed by atoms with van der Waals surface area (Å²) in [4.78, 5) is 18.6.